The van der Waals surface area contributed by atoms with E-state index in [4.69, 9.17) is 4.74 Å². The van der Waals surface area contributed by atoms with Crippen molar-refractivity contribution in [3.05, 3.63) is 22.4 Å². The lowest BCUT2D eigenvalue weighted by molar-refractivity contribution is 0.120. The summed E-state index contributed by atoms with van der Waals surface area (Å²) < 4.78 is 5.16. The van der Waals surface area contributed by atoms with Crippen molar-refractivity contribution in [1.82, 2.24) is 15.1 Å². The van der Waals surface area contributed by atoms with Crippen LogP contribution in [-0.4, -0.2) is 69.8 Å². The molecule has 0 bridgehead atoms. The standard InChI is InChI=1S/C17H30N4OS.HI/c1-18-17(20(2)13-16-6-11-23-14-16)19-12-15-4-7-21(8-5-15)9-10-22-3;/h6,11,14-15H,4-5,7-10,12-13H2,1-3H3,(H,18,19);1H. The van der Waals surface area contributed by atoms with E-state index >= 15 is 0 Å². The third kappa shape index (κ3) is 7.25. The summed E-state index contributed by atoms with van der Waals surface area (Å²) in [6, 6.07) is 2.17. The zero-order valence-corrected chi connectivity index (χ0v) is 18.2. The van der Waals surface area contributed by atoms with Crippen molar-refractivity contribution in [1.29, 1.82) is 0 Å². The molecule has 1 aromatic rings. The van der Waals surface area contributed by atoms with Crippen LogP contribution in [0.3, 0.4) is 0 Å². The molecule has 2 rings (SSSR count). The van der Waals surface area contributed by atoms with E-state index in [2.05, 4.69) is 44.0 Å². The molecule has 0 saturated carbocycles. The van der Waals surface area contributed by atoms with Crippen LogP contribution in [0.1, 0.15) is 18.4 Å². The quantitative estimate of drug-likeness (QED) is 0.381. The number of nitrogens with one attached hydrogen (secondary N) is 1. The fourth-order valence-corrected chi connectivity index (χ4v) is 3.65. The predicted octanol–water partition coefficient (Wildman–Crippen LogP) is 2.73. The zero-order chi connectivity index (χ0) is 16.5. The summed E-state index contributed by atoms with van der Waals surface area (Å²) in [4.78, 5) is 9.10. The van der Waals surface area contributed by atoms with Crippen LogP contribution in [0, 0.1) is 5.92 Å². The van der Waals surface area contributed by atoms with Crippen molar-refractivity contribution in [2.75, 3.05) is 54.0 Å². The Kier molecular flexibility index (Phi) is 10.9. The lowest BCUT2D eigenvalue weighted by atomic mass is 9.97. The molecule has 1 aliphatic rings. The minimum absolute atomic E-state index is 0. The molecular weight excluding hydrogens is 435 g/mol. The molecule has 0 unspecified atom stereocenters. The maximum Gasteiger partial charge on any atom is 0.193 e. The van der Waals surface area contributed by atoms with Gasteiger partial charge in [-0.1, -0.05) is 0 Å². The number of halogens is 1. The summed E-state index contributed by atoms with van der Waals surface area (Å²) in [7, 11) is 5.73. The molecule has 1 aliphatic heterocycles. The molecule has 7 heteroatoms. The fourth-order valence-electron chi connectivity index (χ4n) is 2.99. The van der Waals surface area contributed by atoms with E-state index in [-0.39, 0.29) is 24.0 Å². The molecule has 1 fully saturated rings. The maximum atomic E-state index is 5.16. The van der Waals surface area contributed by atoms with E-state index in [1.807, 2.05) is 7.05 Å². The van der Waals surface area contributed by atoms with Crippen LogP contribution < -0.4 is 5.32 Å². The molecule has 1 aromatic heterocycles. The number of hydrogen-bond acceptors (Lipinski definition) is 4. The molecule has 0 aliphatic carbocycles. The molecule has 2 heterocycles. The van der Waals surface area contributed by atoms with Gasteiger partial charge in [0.2, 0.25) is 0 Å². The maximum absolute atomic E-state index is 5.16. The molecule has 0 radical (unpaired) electrons. The van der Waals surface area contributed by atoms with Gasteiger partial charge in [-0.25, -0.2) is 0 Å². The highest BCUT2D eigenvalue weighted by Gasteiger charge is 2.19. The number of piperidine rings is 1. The first-order chi connectivity index (χ1) is 11.2. The van der Waals surface area contributed by atoms with Gasteiger partial charge in [0.15, 0.2) is 5.96 Å². The zero-order valence-electron chi connectivity index (χ0n) is 15.0. The van der Waals surface area contributed by atoms with Gasteiger partial charge in [0.25, 0.3) is 0 Å². The fraction of sp³-hybridized carbons (Fsp3) is 0.706. The number of likely N-dealkylation sites (tertiary alicyclic amines) is 1. The molecule has 0 spiro atoms. The number of rotatable bonds is 7. The third-order valence-electron chi connectivity index (χ3n) is 4.44. The Labute approximate surface area is 167 Å². The first-order valence-corrected chi connectivity index (χ1v) is 9.31. The molecule has 0 atom stereocenters. The summed E-state index contributed by atoms with van der Waals surface area (Å²) in [6.07, 6.45) is 2.50. The number of ether oxygens (including phenoxy) is 1. The third-order valence-corrected chi connectivity index (χ3v) is 5.17. The van der Waals surface area contributed by atoms with Gasteiger partial charge in [-0.15, -0.1) is 24.0 Å². The Bertz CT molecular complexity index is 461. The average Bonchev–Trinajstić information content (AvgIpc) is 3.07. The highest BCUT2D eigenvalue weighted by Crippen LogP contribution is 2.16. The van der Waals surface area contributed by atoms with E-state index in [0.717, 1.165) is 38.1 Å². The molecule has 138 valence electrons. The number of nitrogens with zero attached hydrogens (tertiary/aromatic N) is 3. The van der Waals surface area contributed by atoms with Gasteiger partial charge in [0.1, 0.15) is 0 Å². The number of hydrogen-bond donors (Lipinski definition) is 1. The molecular formula is C17H31IN4OS. The van der Waals surface area contributed by atoms with E-state index in [9.17, 15) is 0 Å². The number of guanidine groups is 1. The molecule has 24 heavy (non-hydrogen) atoms. The van der Waals surface area contributed by atoms with E-state index < -0.39 is 0 Å². The van der Waals surface area contributed by atoms with Gasteiger partial charge in [-0.2, -0.15) is 11.3 Å². The van der Waals surface area contributed by atoms with Crippen LogP contribution in [0.15, 0.2) is 21.8 Å². The van der Waals surface area contributed by atoms with E-state index in [0.29, 0.717) is 0 Å². The van der Waals surface area contributed by atoms with Crippen LogP contribution in [0.5, 0.6) is 0 Å². The molecule has 0 amide bonds. The molecule has 0 aromatic carbocycles. The van der Waals surface area contributed by atoms with Crippen LogP contribution in [0.2, 0.25) is 0 Å². The Morgan fingerprint density at radius 1 is 1.46 bits per heavy atom. The Morgan fingerprint density at radius 2 is 2.21 bits per heavy atom. The summed E-state index contributed by atoms with van der Waals surface area (Å²) in [5.41, 5.74) is 1.34. The number of thiophene rings is 1. The van der Waals surface area contributed by atoms with Crippen LogP contribution in [-0.2, 0) is 11.3 Å². The largest absolute Gasteiger partial charge is 0.383 e. The van der Waals surface area contributed by atoms with E-state index in [1.165, 1.54) is 31.5 Å². The lowest BCUT2D eigenvalue weighted by Gasteiger charge is -2.32. The predicted molar refractivity (Wildman–Crippen MR) is 114 cm³/mol. The number of methoxy groups -OCH3 is 1. The average molecular weight is 466 g/mol. The van der Waals surface area contributed by atoms with Crippen LogP contribution in [0.4, 0.5) is 0 Å². The van der Waals surface area contributed by atoms with Crippen molar-refractivity contribution in [3.63, 3.8) is 0 Å². The monoisotopic (exact) mass is 466 g/mol. The van der Waals surface area contributed by atoms with Crippen LogP contribution in [0.25, 0.3) is 0 Å². The van der Waals surface area contributed by atoms with Crippen molar-refractivity contribution >= 4 is 41.3 Å². The summed E-state index contributed by atoms with van der Waals surface area (Å²) in [6.45, 7) is 6.17. The lowest BCUT2D eigenvalue weighted by Crippen LogP contribution is -2.43. The highest BCUT2D eigenvalue weighted by atomic mass is 127. The van der Waals surface area contributed by atoms with Gasteiger partial charge in [0, 0.05) is 40.8 Å². The summed E-state index contributed by atoms with van der Waals surface area (Å²) >= 11 is 1.74. The van der Waals surface area contributed by atoms with Gasteiger partial charge in [-0.05, 0) is 54.2 Å². The second-order valence-corrected chi connectivity index (χ2v) is 6.97. The van der Waals surface area contributed by atoms with E-state index in [1.54, 1.807) is 18.4 Å². The van der Waals surface area contributed by atoms with Crippen molar-refractivity contribution in [2.45, 2.75) is 19.4 Å². The SMILES string of the molecule is CN=C(NCC1CCN(CCOC)CC1)N(C)Cc1ccsc1.I. The van der Waals surface area contributed by atoms with Gasteiger partial charge in [-0.3, -0.25) is 4.99 Å². The first-order valence-electron chi connectivity index (χ1n) is 8.37. The van der Waals surface area contributed by atoms with Crippen molar-refractivity contribution in [2.24, 2.45) is 10.9 Å². The Hall–Kier alpha value is -0.380. The summed E-state index contributed by atoms with van der Waals surface area (Å²) in [5, 5.41) is 7.86. The second kappa shape index (κ2) is 12.1. The van der Waals surface area contributed by atoms with Gasteiger partial charge >= 0.3 is 0 Å². The van der Waals surface area contributed by atoms with Crippen molar-refractivity contribution in [3.8, 4) is 0 Å². The molecule has 1 N–H and O–H groups in total. The highest BCUT2D eigenvalue weighted by molar-refractivity contribution is 14.0. The Balaban J connectivity index is 0.00000288. The van der Waals surface area contributed by atoms with Gasteiger partial charge in [0.05, 0.1) is 6.61 Å². The topological polar surface area (TPSA) is 40.1 Å². The number of aliphatic imine (C=N–C) groups is 1. The smallest absolute Gasteiger partial charge is 0.193 e. The first kappa shape index (κ1) is 21.7. The molecule has 1 saturated heterocycles. The normalized spacial score (nSPS) is 16.7. The minimum Gasteiger partial charge on any atom is -0.383 e. The second-order valence-electron chi connectivity index (χ2n) is 6.19. The van der Waals surface area contributed by atoms with Crippen molar-refractivity contribution < 1.29 is 4.74 Å². The Morgan fingerprint density at radius 3 is 2.79 bits per heavy atom. The summed E-state index contributed by atoms with van der Waals surface area (Å²) in [5.74, 6) is 1.72. The molecule has 5 nitrogen and oxygen atoms in total. The van der Waals surface area contributed by atoms with Gasteiger partial charge < -0.3 is 19.9 Å². The van der Waals surface area contributed by atoms with Crippen LogP contribution >= 0.6 is 35.3 Å². The minimum atomic E-state index is 0.